The lowest BCUT2D eigenvalue weighted by Crippen LogP contribution is -2.50. The molecule has 1 spiro atoms. The van der Waals surface area contributed by atoms with Gasteiger partial charge in [-0.3, -0.25) is 4.79 Å². The van der Waals surface area contributed by atoms with Crippen LogP contribution in [-0.4, -0.2) is 79.4 Å². The van der Waals surface area contributed by atoms with Gasteiger partial charge in [0.05, 0.1) is 18.8 Å². The minimum absolute atomic E-state index is 0.109. The molecule has 1 amide bonds. The van der Waals surface area contributed by atoms with Crippen LogP contribution in [0, 0.1) is 5.92 Å². The number of benzene rings is 1. The molecular weight excluding hydrogens is 378 g/mol. The zero-order valence-electron chi connectivity index (χ0n) is 18.1. The number of ether oxygens (including phenoxy) is 2. The molecule has 2 aliphatic heterocycles. The van der Waals surface area contributed by atoms with E-state index in [1.807, 2.05) is 58.3 Å². The number of carbonyl (C=O) groups is 1. The van der Waals surface area contributed by atoms with Crippen LogP contribution in [0.1, 0.15) is 29.6 Å². The van der Waals surface area contributed by atoms with Gasteiger partial charge in [0.2, 0.25) is 0 Å². The van der Waals surface area contributed by atoms with Crippen LogP contribution < -0.4 is 0 Å². The molecule has 30 heavy (non-hydrogen) atoms. The Morgan fingerprint density at radius 2 is 2.03 bits per heavy atom. The Morgan fingerprint density at radius 3 is 2.77 bits per heavy atom. The number of piperidine rings is 1. The molecule has 2 aliphatic rings. The summed E-state index contributed by atoms with van der Waals surface area (Å²) in [4.78, 5) is 17.5. The zero-order chi connectivity index (χ0) is 21.0. The summed E-state index contributed by atoms with van der Waals surface area (Å²) in [6, 6.07) is 11.9. The topological polar surface area (TPSA) is 46.9 Å². The molecule has 0 unspecified atom stereocenters. The Hall–Kier alpha value is -2.15. The smallest absolute Gasteiger partial charge is 0.253 e. The molecule has 4 rings (SSSR count). The first-order chi connectivity index (χ1) is 14.6. The molecule has 6 heteroatoms. The van der Waals surface area contributed by atoms with Crippen molar-refractivity contribution in [3.63, 3.8) is 0 Å². The number of amides is 1. The van der Waals surface area contributed by atoms with Crippen LogP contribution in [0.2, 0.25) is 0 Å². The number of hydrogen-bond donors (Lipinski definition) is 0. The highest BCUT2D eigenvalue weighted by atomic mass is 16.5. The van der Waals surface area contributed by atoms with Gasteiger partial charge >= 0.3 is 0 Å². The molecule has 0 aliphatic carbocycles. The van der Waals surface area contributed by atoms with E-state index in [9.17, 15) is 4.79 Å². The summed E-state index contributed by atoms with van der Waals surface area (Å²) < 4.78 is 13.5. The van der Waals surface area contributed by atoms with Gasteiger partial charge in [0.25, 0.3) is 5.91 Å². The highest BCUT2D eigenvalue weighted by molar-refractivity contribution is 5.94. The lowest BCUT2D eigenvalue weighted by Gasteiger charge is -2.40. The van der Waals surface area contributed by atoms with Crippen LogP contribution in [-0.2, 0) is 9.47 Å². The molecule has 0 saturated carbocycles. The SMILES string of the molecule is COCCN(C)C[C@H]1CO[C@]2(CCCN(C(=O)c3ccc(-n4cccc4)cc3)C2)C1. The average Bonchev–Trinajstić information content (AvgIpc) is 3.43. The van der Waals surface area contributed by atoms with Gasteiger partial charge in [0.1, 0.15) is 0 Å². The summed E-state index contributed by atoms with van der Waals surface area (Å²) in [6.45, 7) is 4.99. The predicted octanol–water partition coefficient (Wildman–Crippen LogP) is 3.07. The molecule has 0 bridgehead atoms. The second-order valence-corrected chi connectivity index (χ2v) is 8.79. The van der Waals surface area contributed by atoms with Gasteiger partial charge < -0.3 is 23.8 Å². The van der Waals surface area contributed by atoms with Crippen LogP contribution in [0.4, 0.5) is 0 Å². The molecule has 1 aromatic carbocycles. The van der Waals surface area contributed by atoms with Gasteiger partial charge in [-0.15, -0.1) is 0 Å². The first kappa shape index (κ1) is 21.1. The second kappa shape index (κ2) is 9.33. The number of rotatable bonds is 7. The third-order valence-corrected chi connectivity index (χ3v) is 6.38. The maximum atomic E-state index is 13.2. The quantitative estimate of drug-likeness (QED) is 0.703. The normalized spacial score (nSPS) is 24.1. The monoisotopic (exact) mass is 411 g/mol. The van der Waals surface area contributed by atoms with Crippen molar-refractivity contribution >= 4 is 5.91 Å². The van der Waals surface area contributed by atoms with Gasteiger partial charge in [-0.25, -0.2) is 0 Å². The summed E-state index contributed by atoms with van der Waals surface area (Å²) in [5, 5.41) is 0. The molecule has 2 fully saturated rings. The molecule has 162 valence electrons. The first-order valence-corrected chi connectivity index (χ1v) is 10.9. The predicted molar refractivity (Wildman–Crippen MR) is 117 cm³/mol. The molecule has 2 atom stereocenters. The number of hydrogen-bond acceptors (Lipinski definition) is 4. The first-order valence-electron chi connectivity index (χ1n) is 10.9. The molecule has 0 radical (unpaired) electrons. The van der Waals surface area contributed by atoms with Crippen molar-refractivity contribution in [2.75, 3.05) is 53.6 Å². The second-order valence-electron chi connectivity index (χ2n) is 8.79. The fourth-order valence-electron chi connectivity index (χ4n) is 4.86. The van der Waals surface area contributed by atoms with E-state index < -0.39 is 0 Å². The minimum atomic E-state index is -0.175. The van der Waals surface area contributed by atoms with E-state index in [1.165, 1.54) is 0 Å². The van der Waals surface area contributed by atoms with E-state index in [-0.39, 0.29) is 11.5 Å². The van der Waals surface area contributed by atoms with E-state index >= 15 is 0 Å². The number of methoxy groups -OCH3 is 1. The van der Waals surface area contributed by atoms with Gasteiger partial charge in [-0.05, 0) is 68.6 Å². The fraction of sp³-hybridized carbons (Fsp3) is 0.542. The largest absolute Gasteiger partial charge is 0.383 e. The van der Waals surface area contributed by atoms with Crippen LogP contribution in [0.25, 0.3) is 5.69 Å². The fourth-order valence-corrected chi connectivity index (χ4v) is 4.86. The summed E-state index contributed by atoms with van der Waals surface area (Å²) >= 11 is 0. The summed E-state index contributed by atoms with van der Waals surface area (Å²) in [7, 11) is 3.88. The Kier molecular flexibility index (Phi) is 6.56. The number of likely N-dealkylation sites (N-methyl/N-ethyl adjacent to an activating group) is 1. The van der Waals surface area contributed by atoms with Crippen LogP contribution >= 0.6 is 0 Å². The average molecular weight is 412 g/mol. The van der Waals surface area contributed by atoms with Crippen LogP contribution in [0.15, 0.2) is 48.8 Å². The van der Waals surface area contributed by atoms with E-state index in [0.29, 0.717) is 12.5 Å². The number of carbonyl (C=O) groups excluding carboxylic acids is 1. The summed E-state index contributed by atoms with van der Waals surface area (Å²) in [6.07, 6.45) is 7.08. The van der Waals surface area contributed by atoms with Crippen molar-refractivity contribution in [3.05, 3.63) is 54.4 Å². The molecular formula is C24H33N3O3. The van der Waals surface area contributed by atoms with E-state index in [4.69, 9.17) is 9.47 Å². The maximum Gasteiger partial charge on any atom is 0.253 e. The Morgan fingerprint density at radius 1 is 1.27 bits per heavy atom. The summed E-state index contributed by atoms with van der Waals surface area (Å²) in [5.41, 5.74) is 1.63. The van der Waals surface area contributed by atoms with Gasteiger partial charge in [-0.1, -0.05) is 0 Å². The molecule has 0 N–H and O–H groups in total. The Balaban J connectivity index is 1.36. The van der Waals surface area contributed by atoms with Crippen LogP contribution in [0.5, 0.6) is 0 Å². The minimum Gasteiger partial charge on any atom is -0.383 e. The lowest BCUT2D eigenvalue weighted by molar-refractivity contribution is -0.0450. The van der Waals surface area contributed by atoms with Crippen molar-refractivity contribution < 1.29 is 14.3 Å². The molecule has 1 aromatic heterocycles. The van der Waals surface area contributed by atoms with Crippen molar-refractivity contribution in [3.8, 4) is 5.69 Å². The third kappa shape index (κ3) is 4.77. The lowest BCUT2D eigenvalue weighted by atomic mass is 9.86. The molecule has 2 aromatic rings. The van der Waals surface area contributed by atoms with E-state index in [1.54, 1.807) is 7.11 Å². The maximum absolute atomic E-state index is 13.2. The Bertz CT molecular complexity index is 821. The van der Waals surface area contributed by atoms with Gasteiger partial charge in [0, 0.05) is 56.9 Å². The summed E-state index contributed by atoms with van der Waals surface area (Å²) in [5.74, 6) is 0.625. The molecule has 6 nitrogen and oxygen atoms in total. The van der Waals surface area contributed by atoms with Crippen molar-refractivity contribution in [1.82, 2.24) is 14.4 Å². The standard InChI is InChI=1S/C24H33N3O3/c1-25(14-15-29-2)17-20-16-24(30-18-20)10-5-13-27(19-24)23(28)21-6-8-22(9-7-21)26-11-3-4-12-26/h3-4,6-9,11-12,20H,5,10,13-19H2,1-2H3/t20-,24+/m0/s1. The van der Waals surface area contributed by atoms with Gasteiger partial charge in [0.15, 0.2) is 0 Å². The third-order valence-electron chi connectivity index (χ3n) is 6.38. The highest BCUT2D eigenvalue weighted by Crippen LogP contribution is 2.38. The number of likely N-dealkylation sites (tertiary alicyclic amines) is 1. The van der Waals surface area contributed by atoms with Crippen molar-refractivity contribution in [2.24, 2.45) is 5.92 Å². The van der Waals surface area contributed by atoms with Crippen molar-refractivity contribution in [1.29, 1.82) is 0 Å². The van der Waals surface area contributed by atoms with Crippen molar-refractivity contribution in [2.45, 2.75) is 24.9 Å². The molecule has 3 heterocycles. The highest BCUT2D eigenvalue weighted by Gasteiger charge is 2.44. The van der Waals surface area contributed by atoms with E-state index in [0.717, 1.165) is 63.4 Å². The van der Waals surface area contributed by atoms with Gasteiger partial charge in [-0.2, -0.15) is 0 Å². The molecule has 2 saturated heterocycles. The Labute approximate surface area is 179 Å². The zero-order valence-corrected chi connectivity index (χ0v) is 18.1. The number of nitrogens with zero attached hydrogens (tertiary/aromatic N) is 3. The number of aromatic nitrogens is 1. The van der Waals surface area contributed by atoms with E-state index in [2.05, 4.69) is 11.9 Å². The van der Waals surface area contributed by atoms with Crippen LogP contribution in [0.3, 0.4) is 0 Å².